The summed E-state index contributed by atoms with van der Waals surface area (Å²) in [7, 11) is -3.44. The lowest BCUT2D eigenvalue weighted by Gasteiger charge is -2.41. The Balaban J connectivity index is 1.31. The third-order valence-corrected chi connectivity index (χ3v) is 8.82. The number of nitrogens with zero attached hydrogens (tertiary/aromatic N) is 3. The summed E-state index contributed by atoms with van der Waals surface area (Å²) in [6.45, 7) is 9.08. The minimum atomic E-state index is -3.44. The molecule has 0 bridgehead atoms. The lowest BCUT2D eigenvalue weighted by atomic mass is 10.00. The molecule has 4 rings (SSSR count). The molecular formula is C24H33N3O3S. The Bertz CT molecular complexity index is 994. The first-order valence-electron chi connectivity index (χ1n) is 11.2. The van der Waals surface area contributed by atoms with E-state index in [2.05, 4.69) is 9.88 Å². The van der Waals surface area contributed by atoms with E-state index in [1.165, 1.54) is 0 Å². The van der Waals surface area contributed by atoms with Crippen molar-refractivity contribution in [3.05, 3.63) is 53.3 Å². The van der Waals surface area contributed by atoms with Crippen LogP contribution in [0.1, 0.15) is 42.4 Å². The molecule has 3 heterocycles. The van der Waals surface area contributed by atoms with Gasteiger partial charge in [0.25, 0.3) is 0 Å². The Kier molecular flexibility index (Phi) is 6.65. The van der Waals surface area contributed by atoms with Crippen LogP contribution in [0.15, 0.2) is 41.6 Å². The quantitative estimate of drug-likeness (QED) is 0.705. The third-order valence-electron chi connectivity index (χ3n) is 6.78. The van der Waals surface area contributed by atoms with Crippen LogP contribution in [0.4, 0.5) is 0 Å². The first kappa shape index (κ1) is 22.2. The van der Waals surface area contributed by atoms with Gasteiger partial charge in [-0.05, 0) is 81.3 Å². The number of ether oxygens (including phenoxy) is 1. The van der Waals surface area contributed by atoms with Crippen LogP contribution >= 0.6 is 0 Å². The van der Waals surface area contributed by atoms with Crippen LogP contribution in [0, 0.1) is 20.8 Å². The molecule has 0 saturated carbocycles. The molecule has 6 nitrogen and oxygen atoms in total. The lowest BCUT2D eigenvalue weighted by molar-refractivity contribution is 0.0585. The van der Waals surface area contributed by atoms with Gasteiger partial charge >= 0.3 is 0 Å². The van der Waals surface area contributed by atoms with Crippen molar-refractivity contribution in [2.45, 2.75) is 63.5 Å². The van der Waals surface area contributed by atoms with E-state index in [0.717, 1.165) is 61.2 Å². The summed E-state index contributed by atoms with van der Waals surface area (Å²) < 4.78 is 34.3. The van der Waals surface area contributed by atoms with E-state index in [-0.39, 0.29) is 6.10 Å². The summed E-state index contributed by atoms with van der Waals surface area (Å²) in [5.41, 5.74) is 2.99. The van der Waals surface area contributed by atoms with Gasteiger partial charge in [-0.3, -0.25) is 4.98 Å². The molecule has 0 aliphatic carbocycles. The van der Waals surface area contributed by atoms with Gasteiger partial charge in [-0.1, -0.05) is 6.07 Å². The summed E-state index contributed by atoms with van der Waals surface area (Å²) in [4.78, 5) is 7.02. The fraction of sp³-hybridized carbons (Fsp3) is 0.542. The SMILES string of the molecule is Cc1cc(C)c(S(=O)(=O)N2CCC(N3CCC(Oc4ccncc4)CC3)CC2)cc1C. The molecule has 7 heteroatoms. The summed E-state index contributed by atoms with van der Waals surface area (Å²) in [5.74, 6) is 0.883. The van der Waals surface area contributed by atoms with Crippen molar-refractivity contribution in [2.24, 2.45) is 0 Å². The second kappa shape index (κ2) is 9.27. The standard InChI is InChI=1S/C24H33N3O3S/c1-18-16-20(3)24(17-19(18)2)31(28,29)27-14-6-21(7-15-27)26-12-8-23(9-13-26)30-22-4-10-25-11-5-22/h4-5,10-11,16-17,21,23H,6-9,12-15H2,1-3H3. The van der Waals surface area contributed by atoms with E-state index in [1.807, 2.05) is 45.0 Å². The van der Waals surface area contributed by atoms with Gasteiger partial charge in [-0.2, -0.15) is 4.31 Å². The van der Waals surface area contributed by atoms with Crippen molar-refractivity contribution in [1.29, 1.82) is 0 Å². The zero-order chi connectivity index (χ0) is 22.0. The van der Waals surface area contributed by atoms with Gasteiger partial charge in [0.2, 0.25) is 10.0 Å². The molecule has 0 amide bonds. The van der Waals surface area contributed by atoms with Crippen LogP contribution in [0.5, 0.6) is 5.75 Å². The summed E-state index contributed by atoms with van der Waals surface area (Å²) in [6, 6.07) is 8.07. The number of pyridine rings is 1. The minimum Gasteiger partial charge on any atom is -0.490 e. The average Bonchev–Trinajstić information content (AvgIpc) is 2.77. The molecule has 2 aliphatic rings. The molecule has 0 unspecified atom stereocenters. The van der Waals surface area contributed by atoms with E-state index >= 15 is 0 Å². The highest BCUT2D eigenvalue weighted by Gasteiger charge is 2.34. The minimum absolute atomic E-state index is 0.242. The van der Waals surface area contributed by atoms with E-state index in [9.17, 15) is 8.42 Å². The van der Waals surface area contributed by atoms with Crippen molar-refractivity contribution in [2.75, 3.05) is 26.2 Å². The number of aromatic nitrogens is 1. The molecule has 168 valence electrons. The van der Waals surface area contributed by atoms with E-state index in [4.69, 9.17) is 4.74 Å². The molecular weight excluding hydrogens is 410 g/mol. The van der Waals surface area contributed by atoms with Crippen LogP contribution in [0.2, 0.25) is 0 Å². The van der Waals surface area contributed by atoms with E-state index < -0.39 is 10.0 Å². The first-order valence-corrected chi connectivity index (χ1v) is 12.7. The van der Waals surface area contributed by atoms with Crippen molar-refractivity contribution in [3.8, 4) is 5.75 Å². The Morgan fingerprint density at radius 2 is 1.48 bits per heavy atom. The van der Waals surface area contributed by atoms with Crippen LogP contribution in [0.3, 0.4) is 0 Å². The number of aryl methyl sites for hydroxylation is 3. The number of sulfonamides is 1. The maximum Gasteiger partial charge on any atom is 0.243 e. The van der Waals surface area contributed by atoms with Crippen LogP contribution < -0.4 is 4.74 Å². The van der Waals surface area contributed by atoms with Gasteiger partial charge in [0.05, 0.1) is 4.90 Å². The molecule has 31 heavy (non-hydrogen) atoms. The smallest absolute Gasteiger partial charge is 0.243 e. The topological polar surface area (TPSA) is 62.7 Å². The number of piperidine rings is 2. The number of hydrogen-bond acceptors (Lipinski definition) is 5. The molecule has 0 spiro atoms. The number of hydrogen-bond donors (Lipinski definition) is 0. The largest absolute Gasteiger partial charge is 0.490 e. The second-order valence-electron chi connectivity index (χ2n) is 8.87. The number of likely N-dealkylation sites (tertiary alicyclic amines) is 1. The Hall–Kier alpha value is -1.96. The molecule has 1 aromatic carbocycles. The van der Waals surface area contributed by atoms with Gasteiger partial charge in [0.1, 0.15) is 11.9 Å². The Labute approximate surface area is 186 Å². The monoisotopic (exact) mass is 443 g/mol. The van der Waals surface area contributed by atoms with Crippen molar-refractivity contribution >= 4 is 10.0 Å². The fourth-order valence-corrected chi connectivity index (χ4v) is 6.53. The average molecular weight is 444 g/mol. The van der Waals surface area contributed by atoms with Gasteiger partial charge < -0.3 is 9.64 Å². The van der Waals surface area contributed by atoms with Gasteiger partial charge in [-0.15, -0.1) is 0 Å². The third kappa shape index (κ3) is 4.94. The number of rotatable bonds is 5. The molecule has 2 aliphatic heterocycles. The van der Waals surface area contributed by atoms with Crippen molar-refractivity contribution in [1.82, 2.24) is 14.2 Å². The maximum atomic E-state index is 13.3. The molecule has 0 radical (unpaired) electrons. The van der Waals surface area contributed by atoms with E-state index in [0.29, 0.717) is 24.0 Å². The van der Waals surface area contributed by atoms with Crippen LogP contribution in [-0.4, -0.2) is 60.9 Å². The summed E-state index contributed by atoms with van der Waals surface area (Å²) in [5, 5.41) is 0. The molecule has 2 aromatic rings. The van der Waals surface area contributed by atoms with Gasteiger partial charge in [0, 0.05) is 44.6 Å². The molecule has 1 aromatic heterocycles. The molecule has 0 N–H and O–H groups in total. The first-order chi connectivity index (χ1) is 14.8. The van der Waals surface area contributed by atoms with Gasteiger partial charge in [-0.25, -0.2) is 8.42 Å². The predicted octanol–water partition coefficient (Wildman–Crippen LogP) is 3.70. The highest BCUT2D eigenvalue weighted by molar-refractivity contribution is 7.89. The highest BCUT2D eigenvalue weighted by Crippen LogP contribution is 2.28. The normalized spacial score (nSPS) is 20.1. The van der Waals surface area contributed by atoms with Crippen molar-refractivity contribution < 1.29 is 13.2 Å². The van der Waals surface area contributed by atoms with Crippen LogP contribution in [-0.2, 0) is 10.0 Å². The fourth-order valence-electron chi connectivity index (χ4n) is 4.77. The van der Waals surface area contributed by atoms with Gasteiger partial charge in [0.15, 0.2) is 0 Å². The van der Waals surface area contributed by atoms with Crippen molar-refractivity contribution in [3.63, 3.8) is 0 Å². The maximum absolute atomic E-state index is 13.3. The molecule has 0 atom stereocenters. The Morgan fingerprint density at radius 1 is 0.871 bits per heavy atom. The number of benzene rings is 1. The summed E-state index contributed by atoms with van der Waals surface area (Å²) in [6.07, 6.45) is 7.53. The Morgan fingerprint density at radius 3 is 2.13 bits per heavy atom. The zero-order valence-corrected chi connectivity index (χ0v) is 19.6. The lowest BCUT2D eigenvalue weighted by Crippen LogP contribution is -2.50. The zero-order valence-electron chi connectivity index (χ0n) is 18.8. The molecule has 2 fully saturated rings. The van der Waals surface area contributed by atoms with E-state index in [1.54, 1.807) is 16.7 Å². The second-order valence-corrected chi connectivity index (χ2v) is 10.8. The van der Waals surface area contributed by atoms with Crippen LogP contribution in [0.25, 0.3) is 0 Å². The molecule has 2 saturated heterocycles. The highest BCUT2D eigenvalue weighted by atomic mass is 32.2. The predicted molar refractivity (Wildman–Crippen MR) is 122 cm³/mol. The summed E-state index contributed by atoms with van der Waals surface area (Å²) >= 11 is 0.